The van der Waals surface area contributed by atoms with Gasteiger partial charge >= 0.3 is 0 Å². The Morgan fingerprint density at radius 3 is 2.07 bits per heavy atom. The second kappa shape index (κ2) is 10.9. The monoisotopic (exact) mass is 368 g/mol. The summed E-state index contributed by atoms with van der Waals surface area (Å²) in [6.45, 7) is 6.53. The molecule has 1 aromatic carbocycles. The molecule has 0 saturated carbocycles. The van der Waals surface area contributed by atoms with Crippen LogP contribution in [-0.4, -0.2) is 10.7 Å². The van der Waals surface area contributed by atoms with E-state index in [-0.39, 0.29) is 11.3 Å². The quantitative estimate of drug-likeness (QED) is 0.302. The van der Waals surface area contributed by atoms with E-state index in [2.05, 4.69) is 75.4 Å². The molecule has 0 spiro atoms. The first kappa shape index (κ1) is 22.0. The van der Waals surface area contributed by atoms with Crippen LogP contribution in [0.4, 0.5) is 0 Å². The van der Waals surface area contributed by atoms with Gasteiger partial charge in [-0.05, 0) is 24.8 Å². The average molecular weight is 369 g/mol. The Labute approximate surface area is 167 Å². The van der Waals surface area contributed by atoms with Gasteiger partial charge in [0.15, 0.2) is 0 Å². The molecule has 1 aliphatic rings. The van der Waals surface area contributed by atoms with Gasteiger partial charge in [-0.1, -0.05) is 120 Å². The van der Waals surface area contributed by atoms with E-state index in [1.165, 1.54) is 44.1 Å². The van der Waals surface area contributed by atoms with E-state index in [4.69, 9.17) is 0 Å². The van der Waals surface area contributed by atoms with Gasteiger partial charge in [-0.2, -0.15) is 0 Å². The molecule has 0 saturated heterocycles. The molecule has 0 heterocycles. The lowest BCUT2D eigenvalue weighted by molar-refractivity contribution is 0.00161. The summed E-state index contributed by atoms with van der Waals surface area (Å²) in [5.74, 6) is 0.129. The molecule has 1 atom stereocenters. The number of aliphatic hydroxyl groups is 1. The molecular formula is C26H40O. The zero-order valence-electron chi connectivity index (χ0n) is 17.8. The van der Waals surface area contributed by atoms with E-state index < -0.39 is 5.60 Å². The summed E-state index contributed by atoms with van der Waals surface area (Å²) < 4.78 is 0. The highest BCUT2D eigenvalue weighted by molar-refractivity contribution is 5.40. The lowest BCUT2D eigenvalue weighted by Gasteiger charge is -2.38. The van der Waals surface area contributed by atoms with Crippen molar-refractivity contribution >= 4 is 0 Å². The van der Waals surface area contributed by atoms with Crippen molar-refractivity contribution in [3.8, 4) is 0 Å². The van der Waals surface area contributed by atoms with E-state index in [1.807, 2.05) is 0 Å². The zero-order chi connectivity index (χ0) is 19.6. The summed E-state index contributed by atoms with van der Waals surface area (Å²) in [5, 5.41) is 11.1. The SMILES string of the molecule is CCCCCCCCC1(c2ccccc2)C=CC(C(O)(CC)CCC)C=C1. The van der Waals surface area contributed by atoms with Crippen LogP contribution in [-0.2, 0) is 5.41 Å². The van der Waals surface area contributed by atoms with Gasteiger partial charge in [0.2, 0.25) is 0 Å². The third-order valence-electron chi connectivity index (χ3n) is 6.37. The highest BCUT2D eigenvalue weighted by Gasteiger charge is 2.36. The molecule has 150 valence electrons. The number of benzene rings is 1. The van der Waals surface area contributed by atoms with E-state index in [1.54, 1.807) is 0 Å². The first-order valence-corrected chi connectivity index (χ1v) is 11.3. The van der Waals surface area contributed by atoms with Crippen molar-refractivity contribution in [1.82, 2.24) is 0 Å². The normalized spacial score (nSPS) is 24.1. The highest BCUT2D eigenvalue weighted by atomic mass is 16.3. The zero-order valence-corrected chi connectivity index (χ0v) is 17.8. The standard InChI is InChI=1S/C26H40O/c1-4-7-8-9-10-14-20-25(23-15-12-11-13-16-23)21-17-24(18-22-25)26(27,6-3)19-5-2/h11-13,15-18,21-22,24,27H,4-10,14,19-20H2,1-3H3. The molecule has 2 rings (SSSR count). The van der Waals surface area contributed by atoms with Gasteiger partial charge in [-0.3, -0.25) is 0 Å². The van der Waals surface area contributed by atoms with Crippen molar-refractivity contribution in [2.75, 3.05) is 0 Å². The maximum atomic E-state index is 11.1. The first-order valence-electron chi connectivity index (χ1n) is 11.3. The van der Waals surface area contributed by atoms with Gasteiger partial charge in [0.25, 0.3) is 0 Å². The third-order valence-corrected chi connectivity index (χ3v) is 6.37. The maximum absolute atomic E-state index is 11.1. The van der Waals surface area contributed by atoms with E-state index >= 15 is 0 Å². The molecule has 1 N–H and O–H groups in total. The Balaban J connectivity index is 2.12. The molecule has 1 unspecified atom stereocenters. The third kappa shape index (κ3) is 5.82. The fourth-order valence-corrected chi connectivity index (χ4v) is 4.49. The Morgan fingerprint density at radius 2 is 1.48 bits per heavy atom. The summed E-state index contributed by atoms with van der Waals surface area (Å²) in [7, 11) is 0. The lowest BCUT2D eigenvalue weighted by atomic mass is 9.69. The van der Waals surface area contributed by atoms with Gasteiger partial charge in [-0.25, -0.2) is 0 Å². The molecule has 0 bridgehead atoms. The first-order chi connectivity index (χ1) is 13.1. The van der Waals surface area contributed by atoms with Gasteiger partial charge in [0.05, 0.1) is 5.60 Å². The molecule has 0 aliphatic heterocycles. The van der Waals surface area contributed by atoms with Crippen LogP contribution in [0.15, 0.2) is 54.6 Å². The van der Waals surface area contributed by atoms with Crippen LogP contribution in [0.3, 0.4) is 0 Å². The van der Waals surface area contributed by atoms with Crippen LogP contribution in [0.2, 0.25) is 0 Å². The van der Waals surface area contributed by atoms with Crippen LogP contribution in [0.25, 0.3) is 0 Å². The Hall–Kier alpha value is -1.34. The molecule has 0 amide bonds. The minimum absolute atomic E-state index is 0.0105. The minimum atomic E-state index is -0.606. The Bertz CT molecular complexity index is 571. The summed E-state index contributed by atoms with van der Waals surface area (Å²) in [5.41, 5.74) is 0.758. The molecule has 0 aromatic heterocycles. The van der Waals surface area contributed by atoms with E-state index in [9.17, 15) is 5.11 Å². The van der Waals surface area contributed by atoms with Crippen molar-refractivity contribution in [3.63, 3.8) is 0 Å². The van der Waals surface area contributed by atoms with Crippen molar-refractivity contribution in [2.24, 2.45) is 5.92 Å². The minimum Gasteiger partial charge on any atom is -0.389 e. The topological polar surface area (TPSA) is 20.2 Å². The Morgan fingerprint density at radius 1 is 0.852 bits per heavy atom. The molecule has 0 radical (unpaired) electrons. The van der Waals surface area contributed by atoms with Crippen molar-refractivity contribution in [3.05, 3.63) is 60.2 Å². The molecular weight excluding hydrogens is 328 g/mol. The van der Waals surface area contributed by atoms with E-state index in [0.29, 0.717) is 0 Å². The van der Waals surface area contributed by atoms with Crippen LogP contribution in [0.1, 0.15) is 90.5 Å². The number of unbranched alkanes of at least 4 members (excludes halogenated alkanes) is 5. The highest BCUT2D eigenvalue weighted by Crippen LogP contribution is 2.40. The Kier molecular flexibility index (Phi) is 8.83. The predicted molar refractivity (Wildman–Crippen MR) is 118 cm³/mol. The van der Waals surface area contributed by atoms with Crippen molar-refractivity contribution < 1.29 is 5.11 Å². The largest absolute Gasteiger partial charge is 0.389 e. The van der Waals surface area contributed by atoms with Crippen LogP contribution in [0, 0.1) is 5.92 Å². The summed E-state index contributed by atoms with van der Waals surface area (Å²) in [6, 6.07) is 10.9. The van der Waals surface area contributed by atoms with Gasteiger partial charge in [0.1, 0.15) is 0 Å². The summed E-state index contributed by atoms with van der Waals surface area (Å²) in [4.78, 5) is 0. The van der Waals surface area contributed by atoms with Gasteiger partial charge < -0.3 is 5.11 Å². The van der Waals surface area contributed by atoms with Crippen molar-refractivity contribution in [2.45, 2.75) is 96.0 Å². The predicted octanol–water partition coefficient (Wildman–Crippen LogP) is 7.36. The molecule has 1 nitrogen and oxygen atoms in total. The fourth-order valence-electron chi connectivity index (χ4n) is 4.49. The number of rotatable bonds is 12. The molecule has 27 heavy (non-hydrogen) atoms. The number of hydrogen-bond donors (Lipinski definition) is 1. The van der Waals surface area contributed by atoms with Crippen LogP contribution >= 0.6 is 0 Å². The van der Waals surface area contributed by atoms with Gasteiger partial charge in [0, 0.05) is 11.3 Å². The van der Waals surface area contributed by atoms with Crippen molar-refractivity contribution in [1.29, 1.82) is 0 Å². The molecule has 1 aromatic rings. The maximum Gasteiger partial charge on any atom is 0.0741 e. The van der Waals surface area contributed by atoms with Crippen LogP contribution < -0.4 is 0 Å². The lowest BCUT2D eigenvalue weighted by Crippen LogP contribution is -2.37. The second-order valence-corrected chi connectivity index (χ2v) is 8.38. The second-order valence-electron chi connectivity index (χ2n) is 8.38. The fraction of sp³-hybridized carbons (Fsp3) is 0.615. The van der Waals surface area contributed by atoms with E-state index in [0.717, 1.165) is 25.7 Å². The molecule has 0 fully saturated rings. The van der Waals surface area contributed by atoms with Crippen LogP contribution in [0.5, 0.6) is 0 Å². The average Bonchev–Trinajstić information content (AvgIpc) is 2.72. The molecule has 1 aliphatic carbocycles. The van der Waals surface area contributed by atoms with Gasteiger partial charge in [-0.15, -0.1) is 0 Å². The summed E-state index contributed by atoms with van der Waals surface area (Å²) >= 11 is 0. The molecule has 1 heteroatoms. The number of hydrogen-bond acceptors (Lipinski definition) is 1. The smallest absolute Gasteiger partial charge is 0.0741 e. The number of allylic oxidation sites excluding steroid dienone is 2. The summed E-state index contributed by atoms with van der Waals surface area (Å²) in [6.07, 6.45) is 21.1.